The van der Waals surface area contributed by atoms with Gasteiger partial charge in [-0.25, -0.2) is 4.39 Å². The van der Waals surface area contributed by atoms with Crippen LogP contribution in [0.25, 0.3) is 0 Å². The fourth-order valence-electron chi connectivity index (χ4n) is 1.32. The molecule has 1 unspecified atom stereocenters. The van der Waals surface area contributed by atoms with Gasteiger partial charge in [0.15, 0.2) is 0 Å². The van der Waals surface area contributed by atoms with Crippen LogP contribution in [0.3, 0.4) is 0 Å². The van der Waals surface area contributed by atoms with Crippen LogP contribution in [-0.4, -0.2) is 17.9 Å². The topological polar surface area (TPSA) is 26.3 Å². The summed E-state index contributed by atoms with van der Waals surface area (Å²) in [4.78, 5) is 10.6. The van der Waals surface area contributed by atoms with E-state index in [2.05, 4.69) is 20.7 Å². The summed E-state index contributed by atoms with van der Waals surface area (Å²) in [6.45, 7) is 1.81. The number of hydrogen-bond donors (Lipinski definition) is 0. The maximum Gasteiger partial charge on any atom is 0.319 e. The van der Waals surface area contributed by atoms with Crippen molar-refractivity contribution in [3.8, 4) is 0 Å². The zero-order valence-corrected chi connectivity index (χ0v) is 10.2. The summed E-state index contributed by atoms with van der Waals surface area (Å²) in [7, 11) is 1.31. The second kappa shape index (κ2) is 5.26. The standard InChI is InChI=1S/C11H12BrFO2/c1-7-4-3-5-10(13)8(7)6-9(12)11(14)15-2/h3-5,9H,6H2,1-2H3. The second-order valence-corrected chi connectivity index (χ2v) is 4.34. The van der Waals surface area contributed by atoms with Gasteiger partial charge in [0.1, 0.15) is 10.6 Å². The van der Waals surface area contributed by atoms with Gasteiger partial charge in [-0.05, 0) is 30.5 Å². The molecule has 0 aliphatic heterocycles. The molecular formula is C11H12BrFO2. The van der Waals surface area contributed by atoms with Crippen LogP contribution in [0.5, 0.6) is 0 Å². The molecule has 0 saturated heterocycles. The highest BCUT2D eigenvalue weighted by Crippen LogP contribution is 2.18. The lowest BCUT2D eigenvalue weighted by molar-refractivity contribution is -0.139. The summed E-state index contributed by atoms with van der Waals surface area (Å²) in [5.41, 5.74) is 1.38. The van der Waals surface area contributed by atoms with Gasteiger partial charge in [0.2, 0.25) is 0 Å². The Hall–Kier alpha value is -0.900. The van der Waals surface area contributed by atoms with Crippen molar-refractivity contribution >= 4 is 21.9 Å². The Balaban J connectivity index is 2.85. The zero-order chi connectivity index (χ0) is 11.4. The third kappa shape index (κ3) is 3.02. The van der Waals surface area contributed by atoms with Crippen molar-refractivity contribution in [3.05, 3.63) is 35.1 Å². The molecule has 0 spiro atoms. The number of rotatable bonds is 3. The van der Waals surface area contributed by atoms with Crippen LogP contribution in [0.15, 0.2) is 18.2 Å². The first kappa shape index (κ1) is 12.2. The van der Waals surface area contributed by atoms with E-state index in [-0.39, 0.29) is 5.82 Å². The van der Waals surface area contributed by atoms with Crippen LogP contribution in [0.2, 0.25) is 0 Å². The summed E-state index contributed by atoms with van der Waals surface area (Å²) in [6.07, 6.45) is 0.297. The summed E-state index contributed by atoms with van der Waals surface area (Å²) >= 11 is 3.17. The van der Waals surface area contributed by atoms with Crippen molar-refractivity contribution in [2.45, 2.75) is 18.2 Å². The highest BCUT2D eigenvalue weighted by Gasteiger charge is 2.18. The zero-order valence-electron chi connectivity index (χ0n) is 8.59. The van der Waals surface area contributed by atoms with Gasteiger partial charge in [0.25, 0.3) is 0 Å². The van der Waals surface area contributed by atoms with E-state index in [1.165, 1.54) is 13.2 Å². The van der Waals surface area contributed by atoms with Crippen LogP contribution >= 0.6 is 15.9 Å². The van der Waals surface area contributed by atoms with Gasteiger partial charge >= 0.3 is 5.97 Å². The normalized spacial score (nSPS) is 12.3. The van der Waals surface area contributed by atoms with Gasteiger partial charge in [-0.1, -0.05) is 28.1 Å². The summed E-state index contributed by atoms with van der Waals surface area (Å²) in [5, 5.41) is 0. The summed E-state index contributed by atoms with van der Waals surface area (Å²) < 4.78 is 18.0. The fraction of sp³-hybridized carbons (Fsp3) is 0.364. The number of ether oxygens (including phenoxy) is 1. The number of halogens is 2. The average Bonchev–Trinajstić information content (AvgIpc) is 2.22. The first-order valence-corrected chi connectivity index (χ1v) is 5.43. The molecule has 0 aliphatic rings. The number of carbonyl (C=O) groups excluding carboxylic acids is 1. The lowest BCUT2D eigenvalue weighted by atomic mass is 10.0. The lowest BCUT2D eigenvalue weighted by Crippen LogP contribution is -2.19. The van der Waals surface area contributed by atoms with E-state index in [1.807, 2.05) is 13.0 Å². The van der Waals surface area contributed by atoms with E-state index in [4.69, 9.17) is 0 Å². The molecule has 0 N–H and O–H groups in total. The van der Waals surface area contributed by atoms with E-state index >= 15 is 0 Å². The van der Waals surface area contributed by atoms with E-state index in [1.54, 1.807) is 6.07 Å². The molecule has 15 heavy (non-hydrogen) atoms. The Morgan fingerprint density at radius 3 is 2.80 bits per heavy atom. The number of carbonyl (C=O) groups is 1. The summed E-state index contributed by atoms with van der Waals surface area (Å²) in [5.74, 6) is -0.680. The Kier molecular flexibility index (Phi) is 4.27. The molecule has 0 heterocycles. The molecule has 0 aromatic heterocycles. The molecule has 0 amide bonds. The number of benzene rings is 1. The molecule has 0 radical (unpaired) electrons. The predicted octanol–water partition coefficient (Wildman–Crippen LogP) is 2.61. The van der Waals surface area contributed by atoms with Crippen molar-refractivity contribution in [1.82, 2.24) is 0 Å². The van der Waals surface area contributed by atoms with Crippen LogP contribution in [-0.2, 0) is 16.0 Å². The van der Waals surface area contributed by atoms with Crippen LogP contribution in [0.1, 0.15) is 11.1 Å². The third-order valence-corrected chi connectivity index (χ3v) is 2.89. The Morgan fingerprint density at radius 2 is 2.27 bits per heavy atom. The Morgan fingerprint density at radius 1 is 1.60 bits per heavy atom. The highest BCUT2D eigenvalue weighted by atomic mass is 79.9. The van der Waals surface area contributed by atoms with Crippen LogP contribution in [0.4, 0.5) is 4.39 Å². The maximum atomic E-state index is 13.4. The molecule has 1 aromatic carbocycles. The molecule has 0 fully saturated rings. The van der Waals surface area contributed by atoms with Gasteiger partial charge in [-0.2, -0.15) is 0 Å². The molecule has 2 nitrogen and oxygen atoms in total. The van der Waals surface area contributed by atoms with Crippen molar-refractivity contribution in [1.29, 1.82) is 0 Å². The molecule has 4 heteroatoms. The summed E-state index contributed by atoms with van der Waals surface area (Å²) in [6, 6.07) is 4.85. The molecule has 0 bridgehead atoms. The monoisotopic (exact) mass is 274 g/mol. The van der Waals surface area contributed by atoms with E-state index in [0.29, 0.717) is 12.0 Å². The van der Waals surface area contributed by atoms with Gasteiger partial charge in [0, 0.05) is 0 Å². The Labute approximate surface area is 96.6 Å². The smallest absolute Gasteiger partial charge is 0.319 e. The van der Waals surface area contributed by atoms with Crippen molar-refractivity contribution in [2.75, 3.05) is 7.11 Å². The quantitative estimate of drug-likeness (QED) is 0.626. The number of alkyl halides is 1. The minimum atomic E-state index is -0.502. The molecule has 82 valence electrons. The minimum Gasteiger partial charge on any atom is -0.468 e. The number of methoxy groups -OCH3 is 1. The first-order valence-electron chi connectivity index (χ1n) is 4.52. The van der Waals surface area contributed by atoms with Crippen LogP contribution < -0.4 is 0 Å². The first-order chi connectivity index (χ1) is 7.06. The number of hydrogen-bond acceptors (Lipinski definition) is 2. The van der Waals surface area contributed by atoms with Gasteiger partial charge in [-0.3, -0.25) is 4.79 Å². The number of esters is 1. The van der Waals surface area contributed by atoms with Crippen molar-refractivity contribution in [3.63, 3.8) is 0 Å². The average molecular weight is 275 g/mol. The molecule has 1 rings (SSSR count). The molecule has 0 saturated carbocycles. The van der Waals surface area contributed by atoms with Gasteiger partial charge in [0.05, 0.1) is 7.11 Å². The van der Waals surface area contributed by atoms with E-state index in [9.17, 15) is 9.18 Å². The predicted molar refractivity (Wildman–Crippen MR) is 59.6 cm³/mol. The lowest BCUT2D eigenvalue weighted by Gasteiger charge is -2.10. The van der Waals surface area contributed by atoms with Crippen LogP contribution in [0, 0.1) is 12.7 Å². The second-order valence-electron chi connectivity index (χ2n) is 3.23. The Bertz CT molecular complexity index is 345. The van der Waals surface area contributed by atoms with Gasteiger partial charge < -0.3 is 4.74 Å². The fourth-order valence-corrected chi connectivity index (χ4v) is 1.83. The minimum absolute atomic E-state index is 0.289. The maximum absolute atomic E-state index is 13.4. The van der Waals surface area contributed by atoms with E-state index < -0.39 is 10.8 Å². The van der Waals surface area contributed by atoms with E-state index in [0.717, 1.165) is 5.56 Å². The molecular weight excluding hydrogens is 263 g/mol. The third-order valence-electron chi connectivity index (χ3n) is 2.19. The largest absolute Gasteiger partial charge is 0.468 e. The van der Waals surface area contributed by atoms with Gasteiger partial charge in [-0.15, -0.1) is 0 Å². The molecule has 1 atom stereocenters. The highest BCUT2D eigenvalue weighted by molar-refractivity contribution is 9.10. The molecule has 0 aliphatic carbocycles. The van der Waals surface area contributed by atoms with Crippen molar-refractivity contribution in [2.24, 2.45) is 0 Å². The number of aryl methyl sites for hydroxylation is 1. The van der Waals surface area contributed by atoms with Crippen molar-refractivity contribution < 1.29 is 13.9 Å². The SMILES string of the molecule is COC(=O)C(Br)Cc1c(C)cccc1F. The molecule has 1 aromatic rings.